The van der Waals surface area contributed by atoms with E-state index in [0.717, 1.165) is 5.56 Å². The van der Waals surface area contributed by atoms with Crippen LogP contribution in [0.25, 0.3) is 28.2 Å². The van der Waals surface area contributed by atoms with Crippen LogP contribution in [-0.4, -0.2) is 25.0 Å². The number of aromatic amines is 1. The monoisotopic (exact) mass is 519 g/mol. The zero-order valence-corrected chi connectivity index (χ0v) is 20.4. The number of carbonyl (C=O) groups is 1. The van der Waals surface area contributed by atoms with E-state index in [1.807, 2.05) is 6.07 Å². The summed E-state index contributed by atoms with van der Waals surface area (Å²) >= 11 is 12.6. The Balaban J connectivity index is 1.83. The van der Waals surface area contributed by atoms with E-state index in [2.05, 4.69) is 4.98 Å². The molecule has 3 N–H and O–H groups in total. The van der Waals surface area contributed by atoms with Gasteiger partial charge in [0.05, 0.1) is 11.1 Å². The fourth-order valence-corrected chi connectivity index (χ4v) is 4.54. The number of carbonyl (C=O) groups excluding carboxylic acids is 1. The van der Waals surface area contributed by atoms with Crippen molar-refractivity contribution in [2.24, 2.45) is 5.73 Å². The number of nitrogens with zero attached hydrogens (tertiary/aromatic N) is 3. The van der Waals surface area contributed by atoms with Crippen molar-refractivity contribution in [1.82, 2.24) is 19.1 Å². The minimum absolute atomic E-state index is 0.174. The number of nitrogens with one attached hydrogen (secondary N) is 1. The molecule has 2 aromatic heterocycles. The molecule has 5 rings (SSSR count). The number of primary amides is 1. The third-order valence-corrected chi connectivity index (χ3v) is 6.59. The lowest BCUT2D eigenvalue weighted by molar-refractivity contribution is 0.1000. The Hall–Kier alpha value is -4.14. The van der Waals surface area contributed by atoms with Gasteiger partial charge in [0.25, 0.3) is 5.56 Å². The molecule has 0 aliphatic heterocycles. The summed E-state index contributed by atoms with van der Waals surface area (Å²) in [5.41, 5.74) is 6.76. The highest BCUT2D eigenvalue weighted by Crippen LogP contribution is 2.32. The molecule has 1 atom stereocenters. The molecule has 0 fully saturated rings. The van der Waals surface area contributed by atoms with E-state index in [1.165, 1.54) is 4.57 Å². The standard InChI is InChI=1S/C26H19Cl2N5O3/c1-14(15-6-8-16(9-7-15)22(29)34)32-24-21(25(35)31-26(32)36)33(18-12-10-17(27)11-13-18)23(30-24)19-4-2-3-5-20(19)28/h2-14H,1H3,(H2,29,34)(H,31,35,36). The van der Waals surface area contributed by atoms with Crippen LogP contribution in [0.4, 0.5) is 0 Å². The first-order valence-electron chi connectivity index (χ1n) is 10.9. The maximum atomic E-state index is 13.2. The minimum atomic E-state index is -0.620. The van der Waals surface area contributed by atoms with E-state index in [-0.39, 0.29) is 11.2 Å². The molecule has 8 nitrogen and oxygen atoms in total. The van der Waals surface area contributed by atoms with Gasteiger partial charge in [0, 0.05) is 21.8 Å². The average Bonchev–Trinajstić information content (AvgIpc) is 3.25. The summed E-state index contributed by atoms with van der Waals surface area (Å²) in [6, 6.07) is 20.1. The maximum absolute atomic E-state index is 13.2. The maximum Gasteiger partial charge on any atom is 0.330 e. The van der Waals surface area contributed by atoms with Crippen LogP contribution in [-0.2, 0) is 0 Å². The molecule has 2 heterocycles. The van der Waals surface area contributed by atoms with Crippen LogP contribution >= 0.6 is 23.2 Å². The number of nitrogens with two attached hydrogens (primary N) is 1. The highest BCUT2D eigenvalue weighted by Gasteiger charge is 2.24. The molecule has 180 valence electrons. The first kappa shape index (κ1) is 23.6. The van der Waals surface area contributed by atoms with Crippen molar-refractivity contribution in [2.75, 3.05) is 0 Å². The second kappa shape index (κ2) is 9.14. The molecule has 0 radical (unpaired) electrons. The summed E-state index contributed by atoms with van der Waals surface area (Å²) in [4.78, 5) is 44.9. The third kappa shape index (κ3) is 4.00. The first-order valence-corrected chi connectivity index (χ1v) is 11.7. The summed E-state index contributed by atoms with van der Waals surface area (Å²) in [7, 11) is 0. The molecule has 1 amide bonds. The Morgan fingerprint density at radius 2 is 1.64 bits per heavy atom. The molecule has 0 bridgehead atoms. The van der Waals surface area contributed by atoms with Gasteiger partial charge in [-0.2, -0.15) is 0 Å². The van der Waals surface area contributed by atoms with E-state index < -0.39 is 23.2 Å². The topological polar surface area (TPSA) is 116 Å². The van der Waals surface area contributed by atoms with Gasteiger partial charge < -0.3 is 5.73 Å². The lowest BCUT2D eigenvalue weighted by atomic mass is 10.1. The largest absolute Gasteiger partial charge is 0.366 e. The highest BCUT2D eigenvalue weighted by molar-refractivity contribution is 6.33. The van der Waals surface area contributed by atoms with Crippen LogP contribution < -0.4 is 17.0 Å². The Morgan fingerprint density at radius 3 is 2.28 bits per heavy atom. The SMILES string of the molecule is CC(c1ccc(C(N)=O)cc1)n1c(=O)[nH]c(=O)c2c1nc(-c1ccccc1Cl)n2-c1ccc(Cl)cc1. The van der Waals surface area contributed by atoms with Gasteiger partial charge in [0.2, 0.25) is 5.91 Å². The number of hydrogen-bond acceptors (Lipinski definition) is 4. The van der Waals surface area contributed by atoms with Gasteiger partial charge in [-0.25, -0.2) is 9.78 Å². The van der Waals surface area contributed by atoms with E-state index in [1.54, 1.807) is 78.2 Å². The Bertz CT molecular complexity index is 1740. The normalized spacial score (nSPS) is 12.1. The lowest BCUT2D eigenvalue weighted by Gasteiger charge is -2.16. The number of rotatable bonds is 5. The minimum Gasteiger partial charge on any atom is -0.366 e. The number of benzene rings is 3. The Morgan fingerprint density at radius 1 is 0.972 bits per heavy atom. The van der Waals surface area contributed by atoms with Gasteiger partial charge in [0.15, 0.2) is 11.2 Å². The quantitative estimate of drug-likeness (QED) is 0.354. The molecular weight excluding hydrogens is 501 g/mol. The molecule has 10 heteroatoms. The fourth-order valence-electron chi connectivity index (χ4n) is 4.19. The molecule has 3 aromatic carbocycles. The lowest BCUT2D eigenvalue weighted by Crippen LogP contribution is -2.33. The van der Waals surface area contributed by atoms with Crippen molar-refractivity contribution in [3.63, 3.8) is 0 Å². The molecule has 5 aromatic rings. The predicted molar refractivity (Wildman–Crippen MR) is 140 cm³/mol. The van der Waals surface area contributed by atoms with Crippen molar-refractivity contribution in [1.29, 1.82) is 0 Å². The van der Waals surface area contributed by atoms with Crippen LogP contribution in [0.2, 0.25) is 10.0 Å². The van der Waals surface area contributed by atoms with Crippen molar-refractivity contribution in [3.05, 3.63) is 115 Å². The zero-order valence-electron chi connectivity index (χ0n) is 18.9. The number of aromatic nitrogens is 4. The molecule has 0 saturated heterocycles. The van der Waals surface area contributed by atoms with Gasteiger partial charge in [-0.15, -0.1) is 0 Å². The van der Waals surface area contributed by atoms with Gasteiger partial charge in [-0.1, -0.05) is 47.5 Å². The van der Waals surface area contributed by atoms with Crippen LogP contribution in [0.5, 0.6) is 0 Å². The number of imidazole rings is 1. The number of halogens is 2. The van der Waals surface area contributed by atoms with Crippen LogP contribution in [0.15, 0.2) is 82.4 Å². The number of amides is 1. The van der Waals surface area contributed by atoms with Crippen molar-refractivity contribution in [3.8, 4) is 17.1 Å². The predicted octanol–water partition coefficient (Wildman–Crippen LogP) is 4.56. The van der Waals surface area contributed by atoms with E-state index >= 15 is 0 Å². The highest BCUT2D eigenvalue weighted by atomic mass is 35.5. The zero-order chi connectivity index (χ0) is 25.6. The molecule has 0 aliphatic carbocycles. The van der Waals surface area contributed by atoms with Crippen molar-refractivity contribution < 1.29 is 4.79 Å². The second-order valence-electron chi connectivity index (χ2n) is 8.19. The average molecular weight is 520 g/mol. The molecule has 36 heavy (non-hydrogen) atoms. The fraction of sp³-hybridized carbons (Fsp3) is 0.0769. The van der Waals surface area contributed by atoms with Crippen LogP contribution in [0, 0.1) is 0 Å². The van der Waals surface area contributed by atoms with E-state index in [9.17, 15) is 14.4 Å². The van der Waals surface area contributed by atoms with E-state index in [0.29, 0.717) is 32.7 Å². The summed E-state index contributed by atoms with van der Waals surface area (Å²) < 4.78 is 3.06. The molecule has 0 saturated carbocycles. The van der Waals surface area contributed by atoms with Gasteiger partial charge in [-0.05, 0) is 61.0 Å². The second-order valence-corrected chi connectivity index (χ2v) is 9.03. The van der Waals surface area contributed by atoms with Crippen molar-refractivity contribution in [2.45, 2.75) is 13.0 Å². The van der Waals surface area contributed by atoms with Gasteiger partial charge in [-0.3, -0.25) is 23.7 Å². The Labute approximate surface area is 214 Å². The molecule has 0 spiro atoms. The summed E-state index contributed by atoms with van der Waals surface area (Å²) in [5, 5.41) is 0.963. The molecule has 0 aliphatic rings. The summed E-state index contributed by atoms with van der Waals surface area (Å²) in [6.07, 6.45) is 0. The van der Waals surface area contributed by atoms with Crippen LogP contribution in [0.3, 0.4) is 0 Å². The smallest absolute Gasteiger partial charge is 0.330 e. The molecule has 1 unspecified atom stereocenters. The third-order valence-electron chi connectivity index (χ3n) is 6.01. The Kier molecular flexibility index (Phi) is 5.99. The molecular formula is C26H19Cl2N5O3. The summed E-state index contributed by atoms with van der Waals surface area (Å²) in [5.74, 6) is -0.164. The van der Waals surface area contributed by atoms with Crippen molar-refractivity contribution >= 4 is 40.3 Å². The number of H-pyrrole nitrogens is 1. The number of fused-ring (bicyclic) bond motifs is 1. The van der Waals surface area contributed by atoms with E-state index in [4.69, 9.17) is 33.9 Å². The number of hydrogen-bond donors (Lipinski definition) is 2. The van der Waals surface area contributed by atoms with Crippen LogP contribution in [0.1, 0.15) is 28.9 Å². The van der Waals surface area contributed by atoms with Gasteiger partial charge >= 0.3 is 5.69 Å². The summed E-state index contributed by atoms with van der Waals surface area (Å²) in [6.45, 7) is 1.80. The first-order chi connectivity index (χ1) is 17.3. The van der Waals surface area contributed by atoms with Gasteiger partial charge in [0.1, 0.15) is 5.82 Å².